The Bertz CT molecular complexity index is 1090. The van der Waals surface area contributed by atoms with E-state index in [2.05, 4.69) is 15.4 Å². The van der Waals surface area contributed by atoms with Gasteiger partial charge in [-0.2, -0.15) is 18.3 Å². The Morgan fingerprint density at radius 2 is 1.74 bits per heavy atom. The Labute approximate surface area is 155 Å². The topological polar surface area (TPSA) is 59.8 Å². The van der Waals surface area contributed by atoms with Crippen molar-refractivity contribution in [3.63, 3.8) is 0 Å². The van der Waals surface area contributed by atoms with Crippen LogP contribution in [0.5, 0.6) is 0 Å². The lowest BCUT2D eigenvalue weighted by molar-refractivity contribution is -0.143. The number of nitrogens with one attached hydrogen (secondary N) is 1. The SMILES string of the molecule is O=C(Nc1nc2ccccc2s1)c1cnn(-c2ccccc2)c1C(F)(F)F. The molecule has 0 spiro atoms. The number of rotatable bonds is 3. The molecule has 2 aromatic heterocycles. The second kappa shape index (κ2) is 6.51. The highest BCUT2D eigenvalue weighted by Crippen LogP contribution is 2.34. The number of thiazole rings is 1. The molecular formula is C18H11F3N4OS. The van der Waals surface area contributed by atoms with Gasteiger partial charge in [0.2, 0.25) is 0 Å². The van der Waals surface area contributed by atoms with Crippen LogP contribution in [0.2, 0.25) is 0 Å². The molecule has 0 aliphatic rings. The molecule has 0 atom stereocenters. The first-order chi connectivity index (χ1) is 12.9. The van der Waals surface area contributed by atoms with Crippen LogP contribution in [0.25, 0.3) is 15.9 Å². The molecule has 0 radical (unpaired) electrons. The minimum atomic E-state index is -4.76. The average Bonchev–Trinajstić information content (AvgIpc) is 3.26. The van der Waals surface area contributed by atoms with Gasteiger partial charge in [0.1, 0.15) is 0 Å². The van der Waals surface area contributed by atoms with Gasteiger partial charge in [-0.1, -0.05) is 41.7 Å². The van der Waals surface area contributed by atoms with Crippen molar-refractivity contribution in [1.29, 1.82) is 0 Å². The summed E-state index contributed by atoms with van der Waals surface area (Å²) in [4.78, 5) is 16.7. The molecule has 0 unspecified atom stereocenters. The Kier molecular flexibility index (Phi) is 4.15. The highest BCUT2D eigenvalue weighted by Gasteiger charge is 2.40. The summed E-state index contributed by atoms with van der Waals surface area (Å²) in [5.74, 6) is -0.913. The van der Waals surface area contributed by atoms with Crippen molar-refractivity contribution in [2.75, 3.05) is 5.32 Å². The van der Waals surface area contributed by atoms with Gasteiger partial charge in [0.25, 0.3) is 5.91 Å². The van der Waals surface area contributed by atoms with Crippen LogP contribution in [0.15, 0.2) is 60.8 Å². The third kappa shape index (κ3) is 3.28. The van der Waals surface area contributed by atoms with Crippen LogP contribution in [-0.4, -0.2) is 20.7 Å². The van der Waals surface area contributed by atoms with Crippen molar-refractivity contribution in [3.8, 4) is 5.69 Å². The fourth-order valence-electron chi connectivity index (χ4n) is 2.64. The lowest BCUT2D eigenvalue weighted by Crippen LogP contribution is -2.20. The van der Waals surface area contributed by atoms with Gasteiger partial charge in [0.05, 0.1) is 27.7 Å². The molecule has 2 aromatic carbocycles. The van der Waals surface area contributed by atoms with E-state index in [9.17, 15) is 18.0 Å². The molecule has 0 saturated heterocycles. The van der Waals surface area contributed by atoms with Crippen molar-refractivity contribution in [2.24, 2.45) is 0 Å². The van der Waals surface area contributed by atoms with E-state index >= 15 is 0 Å². The molecule has 4 rings (SSSR count). The van der Waals surface area contributed by atoms with Gasteiger partial charge in [-0.15, -0.1) is 0 Å². The van der Waals surface area contributed by atoms with E-state index in [1.54, 1.807) is 30.3 Å². The highest BCUT2D eigenvalue weighted by atomic mass is 32.1. The lowest BCUT2D eigenvalue weighted by Gasteiger charge is -2.12. The number of nitrogens with zero attached hydrogens (tertiary/aromatic N) is 3. The maximum Gasteiger partial charge on any atom is 0.434 e. The largest absolute Gasteiger partial charge is 0.434 e. The van der Waals surface area contributed by atoms with Crippen LogP contribution in [0.1, 0.15) is 16.1 Å². The van der Waals surface area contributed by atoms with Gasteiger partial charge >= 0.3 is 6.18 Å². The first-order valence-corrected chi connectivity index (χ1v) is 8.63. The summed E-state index contributed by atoms with van der Waals surface area (Å²) in [5, 5.41) is 6.44. The Hall–Kier alpha value is -3.20. The van der Waals surface area contributed by atoms with Gasteiger partial charge in [0, 0.05) is 0 Å². The van der Waals surface area contributed by atoms with E-state index in [-0.39, 0.29) is 10.8 Å². The molecule has 4 aromatic rings. The van der Waals surface area contributed by atoms with E-state index in [0.717, 1.165) is 10.9 Å². The summed E-state index contributed by atoms with van der Waals surface area (Å²) in [5.41, 5.74) is -0.824. The third-order valence-corrected chi connectivity index (χ3v) is 4.75. The molecule has 1 amide bonds. The van der Waals surface area contributed by atoms with Crippen LogP contribution >= 0.6 is 11.3 Å². The molecule has 1 N–H and O–H groups in total. The quantitative estimate of drug-likeness (QED) is 0.551. The van der Waals surface area contributed by atoms with E-state index in [1.165, 1.54) is 23.5 Å². The number of aromatic nitrogens is 3. The number of carbonyl (C=O) groups is 1. The average molecular weight is 388 g/mol. The van der Waals surface area contributed by atoms with E-state index in [1.807, 2.05) is 12.1 Å². The molecule has 2 heterocycles. The van der Waals surface area contributed by atoms with Crippen LogP contribution < -0.4 is 5.32 Å². The maximum atomic E-state index is 13.6. The number of para-hydroxylation sites is 2. The monoisotopic (exact) mass is 388 g/mol. The number of benzene rings is 2. The standard InChI is InChI=1S/C18H11F3N4OS/c19-18(20,21)15-12(10-22-25(15)11-6-2-1-3-7-11)16(26)24-17-23-13-8-4-5-9-14(13)27-17/h1-10H,(H,23,24,26). The normalized spacial score (nSPS) is 11.7. The molecule has 0 bridgehead atoms. The summed E-state index contributed by atoms with van der Waals surface area (Å²) >= 11 is 1.19. The number of hydrogen-bond donors (Lipinski definition) is 1. The smallest absolute Gasteiger partial charge is 0.298 e. The first-order valence-electron chi connectivity index (χ1n) is 7.81. The summed E-state index contributed by atoms with van der Waals surface area (Å²) in [7, 11) is 0. The van der Waals surface area contributed by atoms with Crippen LogP contribution in [-0.2, 0) is 6.18 Å². The number of halogens is 3. The maximum absolute atomic E-state index is 13.6. The Balaban J connectivity index is 1.72. The minimum Gasteiger partial charge on any atom is -0.298 e. The zero-order valence-corrected chi connectivity index (χ0v) is 14.4. The van der Waals surface area contributed by atoms with Gasteiger partial charge in [0.15, 0.2) is 10.8 Å². The fourth-order valence-corrected chi connectivity index (χ4v) is 3.50. The zero-order chi connectivity index (χ0) is 19.0. The van der Waals surface area contributed by atoms with Crippen molar-refractivity contribution < 1.29 is 18.0 Å². The zero-order valence-electron chi connectivity index (χ0n) is 13.6. The summed E-state index contributed by atoms with van der Waals surface area (Å²) in [6.45, 7) is 0. The Morgan fingerprint density at radius 1 is 1.04 bits per heavy atom. The van der Waals surface area contributed by atoms with E-state index in [4.69, 9.17) is 0 Å². The van der Waals surface area contributed by atoms with Crippen molar-refractivity contribution >= 4 is 32.6 Å². The van der Waals surface area contributed by atoms with Gasteiger partial charge in [-0.05, 0) is 24.3 Å². The van der Waals surface area contributed by atoms with E-state index < -0.39 is 23.3 Å². The second-order valence-electron chi connectivity index (χ2n) is 5.59. The number of anilines is 1. The second-order valence-corrected chi connectivity index (χ2v) is 6.62. The number of amides is 1. The predicted octanol–water partition coefficient (Wildman–Crippen LogP) is 4.75. The molecule has 0 aliphatic carbocycles. The van der Waals surface area contributed by atoms with Crippen LogP contribution in [0.4, 0.5) is 18.3 Å². The van der Waals surface area contributed by atoms with Crippen LogP contribution in [0.3, 0.4) is 0 Å². The molecule has 0 saturated carbocycles. The first kappa shape index (κ1) is 17.2. The molecule has 9 heteroatoms. The van der Waals surface area contributed by atoms with Crippen molar-refractivity contribution in [1.82, 2.24) is 14.8 Å². The Morgan fingerprint density at radius 3 is 2.44 bits per heavy atom. The predicted molar refractivity (Wildman–Crippen MR) is 96.1 cm³/mol. The molecule has 0 aliphatic heterocycles. The van der Waals surface area contributed by atoms with Gasteiger partial charge in [-0.3, -0.25) is 10.1 Å². The minimum absolute atomic E-state index is 0.212. The molecule has 136 valence electrons. The lowest BCUT2D eigenvalue weighted by atomic mass is 10.2. The highest BCUT2D eigenvalue weighted by molar-refractivity contribution is 7.22. The van der Waals surface area contributed by atoms with Gasteiger partial charge in [-0.25, -0.2) is 9.67 Å². The molecular weight excluding hydrogens is 377 g/mol. The van der Waals surface area contributed by atoms with Crippen LogP contribution in [0, 0.1) is 0 Å². The number of alkyl halides is 3. The summed E-state index contributed by atoms with van der Waals surface area (Å²) in [6, 6.07) is 15.0. The fraction of sp³-hybridized carbons (Fsp3) is 0.0556. The van der Waals surface area contributed by atoms with E-state index in [0.29, 0.717) is 10.2 Å². The third-order valence-electron chi connectivity index (χ3n) is 3.80. The number of carbonyl (C=O) groups excluding carboxylic acids is 1. The molecule has 0 fully saturated rings. The number of fused-ring (bicyclic) bond motifs is 1. The summed E-state index contributed by atoms with van der Waals surface area (Å²) < 4.78 is 42.5. The number of hydrogen-bond acceptors (Lipinski definition) is 4. The van der Waals surface area contributed by atoms with Crippen molar-refractivity contribution in [3.05, 3.63) is 72.1 Å². The summed E-state index contributed by atoms with van der Waals surface area (Å²) in [6.07, 6.45) is -3.84. The van der Waals surface area contributed by atoms with Crippen molar-refractivity contribution in [2.45, 2.75) is 6.18 Å². The molecule has 5 nitrogen and oxygen atoms in total. The van der Waals surface area contributed by atoms with Gasteiger partial charge < -0.3 is 0 Å². The molecule has 27 heavy (non-hydrogen) atoms.